The fourth-order valence-corrected chi connectivity index (χ4v) is 2.96. The van der Waals surface area contributed by atoms with E-state index in [0.29, 0.717) is 0 Å². The lowest BCUT2D eigenvalue weighted by atomic mass is 9.79. The predicted octanol–water partition coefficient (Wildman–Crippen LogP) is 3.69. The number of fused-ring (bicyclic) bond motifs is 1. The number of nitrogens with zero attached hydrogens (tertiary/aromatic N) is 3. The third-order valence-corrected chi connectivity index (χ3v) is 4.14. The molecule has 0 aromatic heterocycles. The van der Waals surface area contributed by atoms with Crippen LogP contribution in [0.1, 0.15) is 15.9 Å². The van der Waals surface area contributed by atoms with Gasteiger partial charge in [-0.05, 0) is 23.2 Å². The van der Waals surface area contributed by atoms with E-state index in [4.69, 9.17) is 21.9 Å². The van der Waals surface area contributed by atoms with Gasteiger partial charge in [-0.3, -0.25) is 9.59 Å². The molecular formula is C16H11ClN4O3. The first-order valence-electron chi connectivity index (χ1n) is 6.90. The van der Waals surface area contributed by atoms with Crippen molar-refractivity contribution in [1.82, 2.24) is 0 Å². The smallest absolute Gasteiger partial charge is 0.249 e. The maximum atomic E-state index is 13.1. The van der Waals surface area contributed by atoms with E-state index in [9.17, 15) is 9.59 Å². The van der Waals surface area contributed by atoms with E-state index in [1.54, 1.807) is 30.3 Å². The Labute approximate surface area is 141 Å². The van der Waals surface area contributed by atoms with Crippen molar-refractivity contribution in [3.8, 4) is 5.75 Å². The predicted molar refractivity (Wildman–Crippen MR) is 88.2 cm³/mol. The molecule has 1 amide bonds. The van der Waals surface area contributed by atoms with Crippen molar-refractivity contribution in [1.29, 1.82) is 0 Å². The number of nitrogens with one attached hydrogen (secondary N) is 1. The number of methoxy groups -OCH3 is 1. The number of azide groups is 1. The van der Waals surface area contributed by atoms with Gasteiger partial charge >= 0.3 is 0 Å². The zero-order chi connectivity index (χ0) is 17.3. The molecular weight excluding hydrogens is 332 g/mol. The summed E-state index contributed by atoms with van der Waals surface area (Å²) in [5, 5.41) is 6.41. The average molecular weight is 343 g/mol. The monoisotopic (exact) mass is 342 g/mol. The van der Waals surface area contributed by atoms with Gasteiger partial charge in [-0.15, -0.1) is 0 Å². The van der Waals surface area contributed by atoms with Crippen molar-refractivity contribution in [3.05, 3.63) is 69.1 Å². The van der Waals surface area contributed by atoms with Gasteiger partial charge in [0.15, 0.2) is 11.5 Å². The van der Waals surface area contributed by atoms with Crippen LogP contribution in [0.3, 0.4) is 0 Å². The van der Waals surface area contributed by atoms with Gasteiger partial charge in [0.2, 0.25) is 11.4 Å². The SMILES string of the molecule is COc1c(Cl)ccc2c1NC(=O)C(N=[N+]=[N-])(c1ccccc1)C2=O. The van der Waals surface area contributed by atoms with Crippen molar-refractivity contribution in [2.24, 2.45) is 5.11 Å². The second-order valence-corrected chi connectivity index (χ2v) is 5.46. The third kappa shape index (κ3) is 2.11. The van der Waals surface area contributed by atoms with Crippen molar-refractivity contribution < 1.29 is 14.3 Å². The minimum atomic E-state index is -2.01. The van der Waals surface area contributed by atoms with Gasteiger partial charge in [-0.2, -0.15) is 0 Å². The molecule has 2 aromatic rings. The molecule has 0 radical (unpaired) electrons. The average Bonchev–Trinajstić information content (AvgIpc) is 2.59. The van der Waals surface area contributed by atoms with Gasteiger partial charge in [0.05, 0.1) is 17.8 Å². The lowest BCUT2D eigenvalue weighted by Crippen LogP contribution is -2.49. The summed E-state index contributed by atoms with van der Waals surface area (Å²) < 4.78 is 5.17. The molecule has 1 N–H and O–H groups in total. The van der Waals surface area contributed by atoms with Gasteiger partial charge in [0.25, 0.3) is 0 Å². The minimum Gasteiger partial charge on any atom is -0.493 e. The highest BCUT2D eigenvalue weighted by Crippen LogP contribution is 2.44. The van der Waals surface area contributed by atoms with Crippen LogP contribution in [0.15, 0.2) is 47.6 Å². The van der Waals surface area contributed by atoms with Crippen molar-refractivity contribution in [3.63, 3.8) is 0 Å². The molecule has 120 valence electrons. The minimum absolute atomic E-state index is 0.159. The summed E-state index contributed by atoms with van der Waals surface area (Å²) in [7, 11) is 1.38. The molecule has 0 fully saturated rings. The summed E-state index contributed by atoms with van der Waals surface area (Å²) in [6, 6.07) is 11.1. The number of benzene rings is 2. The van der Waals surface area contributed by atoms with E-state index in [1.807, 2.05) is 0 Å². The van der Waals surface area contributed by atoms with Crippen molar-refractivity contribution in [2.75, 3.05) is 12.4 Å². The van der Waals surface area contributed by atoms with E-state index in [-0.39, 0.29) is 27.6 Å². The van der Waals surface area contributed by atoms with Gasteiger partial charge in [0, 0.05) is 10.5 Å². The normalized spacial score (nSPS) is 19.1. The zero-order valence-electron chi connectivity index (χ0n) is 12.5. The van der Waals surface area contributed by atoms with Crippen LogP contribution in [0.25, 0.3) is 10.4 Å². The summed E-state index contributed by atoms with van der Waals surface area (Å²) in [6.45, 7) is 0. The number of rotatable bonds is 3. The second kappa shape index (κ2) is 5.88. The Morgan fingerprint density at radius 1 is 1.21 bits per heavy atom. The molecule has 8 heteroatoms. The van der Waals surface area contributed by atoms with Gasteiger partial charge in [0.1, 0.15) is 0 Å². The van der Waals surface area contributed by atoms with Gasteiger partial charge in [-0.25, -0.2) is 0 Å². The van der Waals surface area contributed by atoms with Crippen LogP contribution in [-0.4, -0.2) is 18.8 Å². The van der Waals surface area contributed by atoms with Crippen LogP contribution in [-0.2, 0) is 10.3 Å². The van der Waals surface area contributed by atoms with Crippen LogP contribution >= 0.6 is 11.6 Å². The Hall–Kier alpha value is -3.02. The molecule has 0 spiro atoms. The number of halogens is 1. The fraction of sp³-hybridized carbons (Fsp3) is 0.125. The van der Waals surface area contributed by atoms with Crippen LogP contribution in [0, 0.1) is 0 Å². The van der Waals surface area contributed by atoms with Gasteiger partial charge < -0.3 is 10.1 Å². The highest BCUT2D eigenvalue weighted by atomic mass is 35.5. The standard InChI is InChI=1S/C16H11ClN4O3/c1-24-13-11(17)8-7-10-12(13)19-15(23)16(14(10)22,20-21-18)9-5-3-2-4-6-9/h2-8H,1H3,(H,19,23). The third-order valence-electron chi connectivity index (χ3n) is 3.84. The molecule has 7 nitrogen and oxygen atoms in total. The van der Waals surface area contributed by atoms with Crippen molar-refractivity contribution in [2.45, 2.75) is 5.54 Å². The zero-order valence-corrected chi connectivity index (χ0v) is 13.2. The summed E-state index contributed by atoms with van der Waals surface area (Å²) in [5.74, 6) is -1.22. The number of anilines is 1. The highest BCUT2D eigenvalue weighted by Gasteiger charge is 2.51. The first-order valence-corrected chi connectivity index (χ1v) is 7.28. The number of hydrogen-bond acceptors (Lipinski definition) is 4. The van der Waals surface area contributed by atoms with E-state index in [2.05, 4.69) is 15.3 Å². The lowest BCUT2D eigenvalue weighted by Gasteiger charge is -2.32. The summed E-state index contributed by atoms with van der Waals surface area (Å²) >= 11 is 6.04. The number of amides is 1. The Morgan fingerprint density at radius 3 is 2.54 bits per heavy atom. The van der Waals surface area contributed by atoms with Crippen molar-refractivity contribution >= 4 is 29.0 Å². The number of hydrogen-bond donors (Lipinski definition) is 1. The Bertz CT molecular complexity index is 894. The number of carbonyl (C=O) groups excluding carboxylic acids is 2. The van der Waals surface area contributed by atoms with Crippen LogP contribution < -0.4 is 10.1 Å². The molecule has 0 bridgehead atoms. The summed E-state index contributed by atoms with van der Waals surface area (Å²) in [5.41, 5.74) is 7.55. The van der Waals surface area contributed by atoms with Crippen LogP contribution in [0.4, 0.5) is 5.69 Å². The quantitative estimate of drug-likeness (QED) is 0.398. The summed E-state index contributed by atoms with van der Waals surface area (Å²) in [4.78, 5) is 28.6. The topological polar surface area (TPSA) is 104 Å². The van der Waals surface area contributed by atoms with E-state index in [0.717, 1.165) is 0 Å². The highest BCUT2D eigenvalue weighted by molar-refractivity contribution is 6.34. The van der Waals surface area contributed by atoms with E-state index < -0.39 is 17.2 Å². The van der Waals surface area contributed by atoms with Crippen LogP contribution in [0.2, 0.25) is 5.02 Å². The van der Waals surface area contributed by atoms with Crippen LogP contribution in [0.5, 0.6) is 5.75 Å². The van der Waals surface area contributed by atoms with E-state index in [1.165, 1.54) is 19.2 Å². The first kappa shape index (κ1) is 15.9. The molecule has 2 aromatic carbocycles. The number of carbonyl (C=O) groups is 2. The van der Waals surface area contributed by atoms with E-state index >= 15 is 0 Å². The Kier molecular flexibility index (Phi) is 3.89. The molecule has 1 aliphatic rings. The summed E-state index contributed by atoms with van der Waals surface area (Å²) in [6.07, 6.45) is 0. The molecule has 0 saturated carbocycles. The molecule has 1 aliphatic heterocycles. The lowest BCUT2D eigenvalue weighted by molar-refractivity contribution is -0.120. The number of Topliss-reactive ketones (excluding diaryl/α,β-unsaturated/α-hetero) is 1. The first-order chi connectivity index (χ1) is 11.6. The Morgan fingerprint density at radius 2 is 1.92 bits per heavy atom. The Balaban J connectivity index is 2.30. The molecule has 3 rings (SSSR count). The number of ketones is 1. The van der Waals surface area contributed by atoms with Gasteiger partial charge in [-0.1, -0.05) is 47.0 Å². The molecule has 1 unspecified atom stereocenters. The number of ether oxygens (including phenoxy) is 1. The molecule has 1 heterocycles. The molecule has 1 atom stereocenters. The fourth-order valence-electron chi connectivity index (χ4n) is 2.73. The molecule has 0 aliphatic carbocycles. The second-order valence-electron chi connectivity index (χ2n) is 5.05. The maximum absolute atomic E-state index is 13.1. The molecule has 0 saturated heterocycles. The largest absolute Gasteiger partial charge is 0.493 e. The maximum Gasteiger partial charge on any atom is 0.249 e. The molecule has 24 heavy (non-hydrogen) atoms.